The molecule has 1 atom stereocenters. The molecule has 0 aliphatic heterocycles. The van der Waals surface area contributed by atoms with Gasteiger partial charge in [0.1, 0.15) is 23.9 Å². The zero-order valence-corrected chi connectivity index (χ0v) is 17.4. The van der Waals surface area contributed by atoms with E-state index < -0.39 is 16.1 Å². The molecule has 7 nitrogen and oxygen atoms in total. The van der Waals surface area contributed by atoms with Crippen LogP contribution in [0, 0.1) is 5.82 Å². The van der Waals surface area contributed by atoms with Gasteiger partial charge < -0.3 is 14.8 Å². The van der Waals surface area contributed by atoms with Gasteiger partial charge in [0.15, 0.2) is 6.10 Å². The summed E-state index contributed by atoms with van der Waals surface area (Å²) in [5, 5.41) is 2.73. The largest absolute Gasteiger partial charge is 0.492 e. The molecule has 2 aromatic carbocycles. The molecule has 9 heteroatoms. The van der Waals surface area contributed by atoms with Crippen LogP contribution in [-0.2, 0) is 14.8 Å². The second-order valence-electron chi connectivity index (χ2n) is 6.33. The van der Waals surface area contributed by atoms with Crippen molar-refractivity contribution in [3.8, 4) is 11.5 Å². The normalized spacial score (nSPS) is 12.1. The van der Waals surface area contributed by atoms with E-state index in [9.17, 15) is 17.6 Å². The third-order valence-corrected chi connectivity index (χ3v) is 5.33. The molecule has 0 saturated carbocycles. The molecule has 0 unspecified atom stereocenters. The Kier molecular flexibility index (Phi) is 7.83. The average molecular weight is 424 g/mol. The fourth-order valence-corrected chi connectivity index (χ4v) is 2.91. The monoisotopic (exact) mass is 424 g/mol. The van der Waals surface area contributed by atoms with Crippen LogP contribution in [0.5, 0.6) is 11.5 Å². The van der Waals surface area contributed by atoms with Gasteiger partial charge in [-0.2, -0.15) is 0 Å². The molecule has 1 amide bonds. The van der Waals surface area contributed by atoms with Gasteiger partial charge in [-0.25, -0.2) is 12.8 Å². The van der Waals surface area contributed by atoms with Crippen LogP contribution in [0.2, 0.25) is 0 Å². The van der Waals surface area contributed by atoms with Gasteiger partial charge in [-0.15, -0.1) is 0 Å². The number of sulfonamides is 1. The molecular weight excluding hydrogens is 399 g/mol. The number of carbonyl (C=O) groups is 1. The summed E-state index contributed by atoms with van der Waals surface area (Å²) in [6.07, 6.45) is 0.879. The van der Waals surface area contributed by atoms with Crippen LogP contribution in [0.3, 0.4) is 0 Å². The molecule has 0 saturated heterocycles. The van der Waals surface area contributed by atoms with Crippen molar-refractivity contribution in [3.63, 3.8) is 0 Å². The van der Waals surface area contributed by atoms with Gasteiger partial charge in [0, 0.05) is 7.05 Å². The second-order valence-corrected chi connectivity index (χ2v) is 8.35. The van der Waals surface area contributed by atoms with Gasteiger partial charge in [-0.3, -0.25) is 9.10 Å². The minimum absolute atomic E-state index is 0.236. The Bertz CT molecular complexity index is 901. The number of carbonyl (C=O) groups excluding carboxylic acids is 1. The molecule has 158 valence electrons. The summed E-state index contributed by atoms with van der Waals surface area (Å²) in [6, 6.07) is 12.1. The molecule has 1 N–H and O–H groups in total. The predicted molar refractivity (Wildman–Crippen MR) is 109 cm³/mol. The van der Waals surface area contributed by atoms with Crippen molar-refractivity contribution >= 4 is 21.6 Å². The Morgan fingerprint density at radius 2 is 1.69 bits per heavy atom. The van der Waals surface area contributed by atoms with Crippen LogP contribution < -0.4 is 19.1 Å². The minimum atomic E-state index is -3.35. The lowest BCUT2D eigenvalue weighted by molar-refractivity contribution is -0.128. The summed E-state index contributed by atoms with van der Waals surface area (Å²) in [4.78, 5) is 12.3. The van der Waals surface area contributed by atoms with E-state index in [-0.39, 0.29) is 24.9 Å². The summed E-state index contributed by atoms with van der Waals surface area (Å²) in [5.41, 5.74) is 0.496. The molecule has 2 rings (SSSR count). The maximum atomic E-state index is 12.8. The summed E-state index contributed by atoms with van der Waals surface area (Å²) in [5.74, 6) is 0.348. The fourth-order valence-electron chi connectivity index (χ4n) is 2.40. The number of hydrogen-bond acceptors (Lipinski definition) is 5. The highest BCUT2D eigenvalue weighted by molar-refractivity contribution is 7.92. The van der Waals surface area contributed by atoms with Gasteiger partial charge in [0.2, 0.25) is 10.0 Å². The number of benzene rings is 2. The highest BCUT2D eigenvalue weighted by atomic mass is 32.2. The number of ether oxygens (including phenoxy) is 2. The van der Waals surface area contributed by atoms with Crippen molar-refractivity contribution in [2.45, 2.75) is 19.4 Å². The van der Waals surface area contributed by atoms with E-state index in [1.54, 1.807) is 24.3 Å². The quantitative estimate of drug-likeness (QED) is 0.593. The Hall–Kier alpha value is -2.81. The molecule has 0 radical (unpaired) electrons. The lowest BCUT2D eigenvalue weighted by Crippen LogP contribution is -2.39. The molecule has 0 spiro atoms. The Morgan fingerprint density at radius 3 is 2.24 bits per heavy atom. The molecule has 0 fully saturated rings. The van der Waals surface area contributed by atoms with E-state index in [0.29, 0.717) is 23.6 Å². The summed E-state index contributed by atoms with van der Waals surface area (Å²) >= 11 is 0. The van der Waals surface area contributed by atoms with Crippen LogP contribution in [0.1, 0.15) is 13.3 Å². The lowest BCUT2D eigenvalue weighted by atomic mass is 10.2. The second kappa shape index (κ2) is 10.1. The van der Waals surface area contributed by atoms with Crippen LogP contribution in [-0.4, -0.2) is 46.9 Å². The van der Waals surface area contributed by atoms with Gasteiger partial charge in [-0.05, 0) is 55.0 Å². The first-order valence-corrected chi connectivity index (χ1v) is 10.9. The number of halogens is 1. The van der Waals surface area contributed by atoms with E-state index in [0.717, 1.165) is 10.6 Å². The molecule has 0 aromatic heterocycles. The van der Waals surface area contributed by atoms with E-state index >= 15 is 0 Å². The van der Waals surface area contributed by atoms with Crippen molar-refractivity contribution in [1.29, 1.82) is 0 Å². The van der Waals surface area contributed by atoms with E-state index in [1.807, 2.05) is 6.92 Å². The van der Waals surface area contributed by atoms with Gasteiger partial charge in [0.25, 0.3) is 5.91 Å². The summed E-state index contributed by atoms with van der Waals surface area (Å²) in [6.45, 7) is 2.33. The first kappa shape index (κ1) is 22.5. The number of rotatable bonds is 10. The Labute approximate surface area is 170 Å². The highest BCUT2D eigenvalue weighted by Crippen LogP contribution is 2.21. The lowest BCUT2D eigenvalue weighted by Gasteiger charge is -2.19. The topological polar surface area (TPSA) is 84.9 Å². The summed E-state index contributed by atoms with van der Waals surface area (Å²) in [7, 11) is -1.89. The minimum Gasteiger partial charge on any atom is -0.492 e. The first-order valence-electron chi connectivity index (χ1n) is 9.07. The van der Waals surface area contributed by atoms with Crippen molar-refractivity contribution in [2.24, 2.45) is 0 Å². The molecule has 0 aliphatic carbocycles. The van der Waals surface area contributed by atoms with Gasteiger partial charge >= 0.3 is 0 Å². The molecule has 0 aliphatic rings. The number of nitrogens with zero attached hydrogens (tertiary/aromatic N) is 1. The SMILES string of the molecule is CC[C@H](Oc1ccc(N(C)S(C)(=O)=O)cc1)C(=O)NCCOc1ccc(F)cc1. The zero-order chi connectivity index (χ0) is 21.4. The van der Waals surface area contributed by atoms with Gasteiger partial charge in [0.05, 0.1) is 18.5 Å². The van der Waals surface area contributed by atoms with Crippen molar-refractivity contribution in [3.05, 3.63) is 54.3 Å². The standard InChI is InChI=1S/C20H25FN2O5S/c1-4-19(20(24)22-13-14-27-17-9-5-15(21)6-10-17)28-18-11-7-16(8-12-18)23(2)29(3,25)26/h5-12,19H,4,13-14H2,1-3H3,(H,22,24)/t19-/m0/s1. The highest BCUT2D eigenvalue weighted by Gasteiger charge is 2.18. The maximum Gasteiger partial charge on any atom is 0.261 e. The number of amides is 1. The predicted octanol–water partition coefficient (Wildman–Crippen LogP) is 2.57. The third kappa shape index (κ3) is 6.94. The zero-order valence-electron chi connectivity index (χ0n) is 16.6. The molecule has 0 bridgehead atoms. The van der Waals surface area contributed by atoms with Crippen LogP contribution in [0.25, 0.3) is 0 Å². The Morgan fingerprint density at radius 1 is 1.10 bits per heavy atom. The number of nitrogens with one attached hydrogen (secondary N) is 1. The first-order chi connectivity index (χ1) is 13.7. The molecule has 29 heavy (non-hydrogen) atoms. The smallest absolute Gasteiger partial charge is 0.261 e. The Balaban J connectivity index is 1.83. The van der Waals surface area contributed by atoms with Gasteiger partial charge in [-0.1, -0.05) is 6.92 Å². The molecule has 2 aromatic rings. The number of anilines is 1. The van der Waals surface area contributed by atoms with E-state index in [2.05, 4.69) is 5.32 Å². The third-order valence-electron chi connectivity index (χ3n) is 4.12. The van der Waals surface area contributed by atoms with E-state index in [1.165, 1.54) is 31.3 Å². The maximum absolute atomic E-state index is 12.8. The average Bonchev–Trinajstić information content (AvgIpc) is 2.69. The van der Waals surface area contributed by atoms with Crippen LogP contribution in [0.15, 0.2) is 48.5 Å². The van der Waals surface area contributed by atoms with E-state index in [4.69, 9.17) is 9.47 Å². The molecule has 0 heterocycles. The number of hydrogen-bond donors (Lipinski definition) is 1. The fraction of sp³-hybridized carbons (Fsp3) is 0.350. The van der Waals surface area contributed by atoms with Crippen LogP contribution in [0.4, 0.5) is 10.1 Å². The summed E-state index contributed by atoms with van der Waals surface area (Å²) < 4.78 is 48.3. The van der Waals surface area contributed by atoms with Crippen molar-refractivity contribution in [1.82, 2.24) is 5.32 Å². The van der Waals surface area contributed by atoms with Crippen molar-refractivity contribution < 1.29 is 27.1 Å². The van der Waals surface area contributed by atoms with Crippen molar-refractivity contribution in [2.75, 3.05) is 30.8 Å². The molecular formula is C20H25FN2O5S. The van der Waals surface area contributed by atoms with Crippen LogP contribution >= 0.6 is 0 Å².